The van der Waals surface area contributed by atoms with Gasteiger partial charge in [0, 0.05) is 11.8 Å². The smallest absolute Gasteiger partial charge is 0.165 e. The lowest BCUT2D eigenvalue weighted by atomic mass is 9.83. The van der Waals surface area contributed by atoms with Crippen LogP contribution in [0.3, 0.4) is 0 Å². The molecular weight excluding hydrogens is 160 g/mol. The summed E-state index contributed by atoms with van der Waals surface area (Å²) in [5.74, 6) is 0.125. The molecule has 0 amide bonds. The van der Waals surface area contributed by atoms with Gasteiger partial charge in [-0.15, -0.1) is 6.58 Å². The molecule has 1 heteroatoms. The lowest BCUT2D eigenvalue weighted by Gasteiger charge is -2.19. The van der Waals surface area contributed by atoms with Crippen molar-refractivity contribution in [2.24, 2.45) is 11.8 Å². The van der Waals surface area contributed by atoms with Crippen LogP contribution < -0.4 is 0 Å². The highest BCUT2D eigenvalue weighted by Crippen LogP contribution is 2.23. The number of carbonyl (C=O) groups is 1. The molecule has 2 unspecified atom stereocenters. The number of Topliss-reactive ketones (excluding diaryl/α,β-unsaturated/α-hetero) is 1. The lowest BCUT2D eigenvalue weighted by molar-refractivity contribution is -0.118. The second-order valence-electron chi connectivity index (χ2n) is 3.25. The van der Waals surface area contributed by atoms with Crippen LogP contribution in [0.4, 0.5) is 0 Å². The molecule has 2 atom stereocenters. The van der Waals surface area contributed by atoms with Gasteiger partial charge in [-0.3, -0.25) is 4.79 Å². The molecule has 68 valence electrons. The van der Waals surface area contributed by atoms with Gasteiger partial charge in [0.15, 0.2) is 5.78 Å². The van der Waals surface area contributed by atoms with E-state index in [2.05, 4.69) is 13.2 Å². The molecule has 0 spiro atoms. The predicted molar refractivity (Wildman–Crippen MR) is 55.3 cm³/mol. The van der Waals surface area contributed by atoms with Gasteiger partial charge in [-0.1, -0.05) is 37.0 Å². The van der Waals surface area contributed by atoms with Gasteiger partial charge in [0.05, 0.1) is 0 Å². The highest BCUT2D eigenvalue weighted by atomic mass is 16.1. The summed E-state index contributed by atoms with van der Waals surface area (Å²) in [5, 5.41) is 0. The van der Waals surface area contributed by atoms with E-state index < -0.39 is 0 Å². The molecule has 0 heterocycles. The summed E-state index contributed by atoms with van der Waals surface area (Å²) in [7, 11) is 0. The number of ketones is 1. The van der Waals surface area contributed by atoms with Crippen molar-refractivity contribution in [1.29, 1.82) is 0 Å². The Morgan fingerprint density at radius 2 is 2.00 bits per heavy atom. The summed E-state index contributed by atoms with van der Waals surface area (Å²) >= 11 is 0. The summed E-state index contributed by atoms with van der Waals surface area (Å²) in [6, 6.07) is 0. The van der Waals surface area contributed by atoms with Crippen molar-refractivity contribution in [1.82, 2.24) is 0 Å². The van der Waals surface area contributed by atoms with Crippen molar-refractivity contribution in [2.45, 2.75) is 6.92 Å². The Morgan fingerprint density at radius 3 is 2.54 bits per heavy atom. The first-order valence-corrected chi connectivity index (χ1v) is 4.34. The van der Waals surface area contributed by atoms with Gasteiger partial charge in [-0.25, -0.2) is 0 Å². The SMILES string of the molecule is C=CC1C=CC=CC1C(=O)C(=C)C. The van der Waals surface area contributed by atoms with Crippen molar-refractivity contribution >= 4 is 5.78 Å². The van der Waals surface area contributed by atoms with Gasteiger partial charge < -0.3 is 0 Å². The average molecular weight is 174 g/mol. The van der Waals surface area contributed by atoms with Crippen LogP contribution in [0, 0.1) is 11.8 Å². The maximum atomic E-state index is 11.6. The minimum Gasteiger partial charge on any atom is -0.294 e. The third kappa shape index (κ3) is 2.05. The van der Waals surface area contributed by atoms with Crippen LogP contribution in [0.2, 0.25) is 0 Å². The van der Waals surface area contributed by atoms with E-state index >= 15 is 0 Å². The maximum absolute atomic E-state index is 11.6. The Hall–Kier alpha value is -1.37. The van der Waals surface area contributed by atoms with Crippen LogP contribution in [0.1, 0.15) is 6.92 Å². The fourth-order valence-electron chi connectivity index (χ4n) is 1.40. The fourth-order valence-corrected chi connectivity index (χ4v) is 1.40. The number of hydrogen-bond donors (Lipinski definition) is 0. The molecule has 0 saturated carbocycles. The summed E-state index contributed by atoms with van der Waals surface area (Å²) in [5.41, 5.74) is 0.608. The first-order valence-electron chi connectivity index (χ1n) is 4.34. The van der Waals surface area contributed by atoms with E-state index in [4.69, 9.17) is 0 Å². The van der Waals surface area contributed by atoms with Gasteiger partial charge in [0.2, 0.25) is 0 Å². The monoisotopic (exact) mass is 174 g/mol. The Bertz CT molecular complexity index is 294. The number of carbonyl (C=O) groups excluding carboxylic acids is 1. The summed E-state index contributed by atoms with van der Waals surface area (Å²) in [6.45, 7) is 9.11. The van der Waals surface area contributed by atoms with Gasteiger partial charge in [-0.2, -0.15) is 0 Å². The molecule has 0 fully saturated rings. The molecular formula is C12H14O. The quantitative estimate of drug-likeness (QED) is 0.475. The van der Waals surface area contributed by atoms with E-state index in [1.165, 1.54) is 0 Å². The minimum atomic E-state index is -0.0972. The molecule has 0 radical (unpaired) electrons. The van der Waals surface area contributed by atoms with Crippen LogP contribution in [0.15, 0.2) is 49.1 Å². The largest absolute Gasteiger partial charge is 0.294 e. The minimum absolute atomic E-state index is 0.0972. The molecule has 0 saturated heterocycles. The molecule has 0 aliphatic heterocycles. The van der Waals surface area contributed by atoms with Gasteiger partial charge >= 0.3 is 0 Å². The van der Waals surface area contributed by atoms with Crippen molar-refractivity contribution in [2.75, 3.05) is 0 Å². The Balaban J connectivity index is 2.84. The van der Waals surface area contributed by atoms with Crippen molar-refractivity contribution in [3.05, 3.63) is 49.1 Å². The summed E-state index contributed by atoms with van der Waals surface area (Å²) in [6.07, 6.45) is 9.52. The van der Waals surface area contributed by atoms with Gasteiger partial charge in [0.1, 0.15) is 0 Å². The van der Waals surface area contributed by atoms with Gasteiger partial charge in [0.25, 0.3) is 0 Å². The van der Waals surface area contributed by atoms with Crippen LogP contribution in [-0.2, 0) is 4.79 Å². The second kappa shape index (κ2) is 4.04. The van der Waals surface area contributed by atoms with Gasteiger partial charge in [-0.05, 0) is 12.5 Å². The Kier molecular flexibility index (Phi) is 3.02. The molecule has 0 bridgehead atoms. The molecule has 1 rings (SSSR count). The lowest BCUT2D eigenvalue weighted by Crippen LogP contribution is -2.21. The van der Waals surface area contributed by atoms with E-state index in [-0.39, 0.29) is 17.6 Å². The molecule has 1 aliphatic carbocycles. The Labute approximate surface area is 79.2 Å². The van der Waals surface area contributed by atoms with Crippen LogP contribution >= 0.6 is 0 Å². The maximum Gasteiger partial charge on any atom is 0.165 e. The molecule has 13 heavy (non-hydrogen) atoms. The number of allylic oxidation sites excluding steroid dienone is 6. The zero-order valence-electron chi connectivity index (χ0n) is 7.86. The predicted octanol–water partition coefficient (Wildman–Crippen LogP) is 2.68. The van der Waals surface area contributed by atoms with E-state index in [0.717, 1.165) is 0 Å². The third-order valence-corrected chi connectivity index (χ3v) is 2.17. The van der Waals surface area contributed by atoms with Crippen LogP contribution in [-0.4, -0.2) is 5.78 Å². The zero-order chi connectivity index (χ0) is 9.84. The van der Waals surface area contributed by atoms with Crippen LogP contribution in [0.5, 0.6) is 0 Å². The molecule has 0 aromatic rings. The van der Waals surface area contributed by atoms with Crippen LogP contribution in [0.25, 0.3) is 0 Å². The fraction of sp³-hybridized carbons (Fsp3) is 0.250. The normalized spacial score (nSPS) is 25.6. The standard InChI is InChI=1S/C12H14O/c1-4-10-7-5-6-8-11(10)12(13)9(2)3/h4-8,10-11H,1-2H2,3H3. The highest BCUT2D eigenvalue weighted by molar-refractivity contribution is 5.97. The Morgan fingerprint density at radius 1 is 1.38 bits per heavy atom. The van der Waals surface area contributed by atoms with E-state index in [1.54, 1.807) is 13.0 Å². The first-order chi connectivity index (χ1) is 6.16. The molecule has 1 aliphatic rings. The van der Waals surface area contributed by atoms with Crippen molar-refractivity contribution in [3.63, 3.8) is 0 Å². The molecule has 0 aromatic carbocycles. The van der Waals surface area contributed by atoms with E-state index in [0.29, 0.717) is 5.57 Å². The van der Waals surface area contributed by atoms with Crippen molar-refractivity contribution < 1.29 is 4.79 Å². The number of hydrogen-bond acceptors (Lipinski definition) is 1. The molecule has 1 nitrogen and oxygen atoms in total. The summed E-state index contributed by atoms with van der Waals surface area (Å²) in [4.78, 5) is 11.6. The topological polar surface area (TPSA) is 17.1 Å². The van der Waals surface area contributed by atoms with E-state index in [1.807, 2.05) is 24.3 Å². The van der Waals surface area contributed by atoms with Crippen molar-refractivity contribution in [3.8, 4) is 0 Å². The second-order valence-corrected chi connectivity index (χ2v) is 3.25. The van der Waals surface area contributed by atoms with E-state index in [9.17, 15) is 4.79 Å². The molecule has 0 N–H and O–H groups in total. The molecule has 0 aromatic heterocycles. The highest BCUT2D eigenvalue weighted by Gasteiger charge is 2.23. The summed E-state index contributed by atoms with van der Waals surface area (Å²) < 4.78 is 0. The number of rotatable bonds is 3. The average Bonchev–Trinajstić information content (AvgIpc) is 2.16. The first kappa shape index (κ1) is 9.72. The third-order valence-electron chi connectivity index (χ3n) is 2.17. The zero-order valence-corrected chi connectivity index (χ0v) is 7.86.